The standard InChI is InChI=1S/C18H13F3IN3O/c19-18(20,21)26-14-7-5-13(6-8-14)25-17-15(9-10-23-17)16(24-25)11-1-3-12(22)4-2-11/h1-8,23H,9-10H2. The smallest absolute Gasteiger partial charge is 0.406 e. The van der Waals surface area contributed by atoms with Crippen LogP contribution in [0.2, 0.25) is 0 Å². The third-order valence-corrected chi connectivity index (χ3v) is 4.80. The molecule has 134 valence electrons. The predicted octanol–water partition coefficient (Wildman–Crippen LogP) is 5.01. The molecule has 0 saturated carbocycles. The van der Waals surface area contributed by atoms with Gasteiger partial charge in [0, 0.05) is 21.2 Å². The zero-order chi connectivity index (χ0) is 18.3. The van der Waals surface area contributed by atoms with Gasteiger partial charge in [0.05, 0.1) is 11.4 Å². The largest absolute Gasteiger partial charge is 0.573 e. The molecule has 0 radical (unpaired) electrons. The number of fused-ring (bicyclic) bond motifs is 1. The van der Waals surface area contributed by atoms with Crippen LogP contribution in [0.25, 0.3) is 16.9 Å². The second kappa shape index (κ2) is 6.49. The summed E-state index contributed by atoms with van der Waals surface area (Å²) in [4.78, 5) is 0. The van der Waals surface area contributed by atoms with E-state index in [1.807, 2.05) is 24.3 Å². The van der Waals surface area contributed by atoms with Crippen LogP contribution in [0.1, 0.15) is 5.56 Å². The van der Waals surface area contributed by atoms with Gasteiger partial charge in [-0.25, -0.2) is 4.68 Å². The zero-order valence-corrected chi connectivity index (χ0v) is 15.5. The highest BCUT2D eigenvalue weighted by atomic mass is 127. The third kappa shape index (κ3) is 3.37. The first-order valence-electron chi connectivity index (χ1n) is 7.88. The molecule has 1 aliphatic rings. The monoisotopic (exact) mass is 471 g/mol. The highest BCUT2D eigenvalue weighted by molar-refractivity contribution is 14.1. The number of benzene rings is 2. The molecule has 0 amide bonds. The Morgan fingerprint density at radius 2 is 1.73 bits per heavy atom. The third-order valence-electron chi connectivity index (χ3n) is 4.08. The van der Waals surface area contributed by atoms with Gasteiger partial charge in [-0.1, -0.05) is 12.1 Å². The van der Waals surface area contributed by atoms with Gasteiger partial charge in [0.2, 0.25) is 0 Å². The van der Waals surface area contributed by atoms with Crippen molar-refractivity contribution in [3.8, 4) is 22.7 Å². The van der Waals surface area contributed by atoms with Gasteiger partial charge in [0.25, 0.3) is 0 Å². The Balaban J connectivity index is 1.71. The molecule has 0 saturated heterocycles. The van der Waals surface area contributed by atoms with Crippen molar-refractivity contribution < 1.29 is 17.9 Å². The number of rotatable bonds is 3. The van der Waals surface area contributed by atoms with E-state index < -0.39 is 6.36 Å². The van der Waals surface area contributed by atoms with Crippen LogP contribution in [0, 0.1) is 3.57 Å². The Hall–Kier alpha value is -2.23. The summed E-state index contributed by atoms with van der Waals surface area (Å²) < 4.78 is 43.7. The molecule has 8 heteroatoms. The molecule has 3 aromatic rings. The zero-order valence-electron chi connectivity index (χ0n) is 13.3. The van der Waals surface area contributed by atoms with E-state index in [1.54, 1.807) is 16.8 Å². The fourth-order valence-electron chi connectivity index (χ4n) is 2.99. The lowest BCUT2D eigenvalue weighted by Gasteiger charge is -2.10. The number of nitrogens with zero attached hydrogens (tertiary/aromatic N) is 2. The fourth-order valence-corrected chi connectivity index (χ4v) is 3.35. The van der Waals surface area contributed by atoms with Gasteiger partial charge in [0.1, 0.15) is 11.6 Å². The van der Waals surface area contributed by atoms with Gasteiger partial charge in [-0.2, -0.15) is 5.10 Å². The van der Waals surface area contributed by atoms with E-state index in [0.29, 0.717) is 5.69 Å². The summed E-state index contributed by atoms with van der Waals surface area (Å²) in [5.41, 5.74) is 3.68. The molecule has 4 rings (SSSR count). The predicted molar refractivity (Wildman–Crippen MR) is 101 cm³/mol. The summed E-state index contributed by atoms with van der Waals surface area (Å²) in [5.74, 6) is 0.624. The number of nitrogens with one attached hydrogen (secondary N) is 1. The van der Waals surface area contributed by atoms with Crippen LogP contribution >= 0.6 is 22.6 Å². The van der Waals surface area contributed by atoms with Gasteiger partial charge in [-0.3, -0.25) is 0 Å². The van der Waals surface area contributed by atoms with Crippen LogP contribution in [0.15, 0.2) is 48.5 Å². The topological polar surface area (TPSA) is 39.1 Å². The molecule has 0 bridgehead atoms. The second-order valence-corrected chi connectivity index (χ2v) is 7.06. The van der Waals surface area contributed by atoms with Crippen molar-refractivity contribution in [1.29, 1.82) is 0 Å². The molecule has 0 unspecified atom stereocenters. The second-order valence-electron chi connectivity index (χ2n) is 5.81. The molecule has 2 aromatic carbocycles. The van der Waals surface area contributed by atoms with E-state index in [9.17, 15) is 13.2 Å². The first-order valence-corrected chi connectivity index (χ1v) is 8.96. The Morgan fingerprint density at radius 3 is 2.38 bits per heavy atom. The molecule has 0 fully saturated rings. The maximum atomic E-state index is 12.3. The van der Waals surface area contributed by atoms with Crippen LogP contribution in [0.4, 0.5) is 19.0 Å². The van der Waals surface area contributed by atoms with Gasteiger partial charge < -0.3 is 10.1 Å². The van der Waals surface area contributed by atoms with Gasteiger partial charge >= 0.3 is 6.36 Å². The van der Waals surface area contributed by atoms with E-state index in [2.05, 4.69) is 32.6 Å². The SMILES string of the molecule is FC(F)(F)Oc1ccc(-n2nc(-c3ccc(I)cc3)c3c2NCC3)cc1. The maximum absolute atomic E-state index is 12.3. The Bertz CT molecular complexity index is 934. The minimum atomic E-state index is -4.70. The van der Waals surface area contributed by atoms with Gasteiger partial charge in [-0.15, -0.1) is 13.2 Å². The molecular formula is C18H13F3IN3O. The average molecular weight is 471 g/mol. The molecule has 1 aromatic heterocycles. The lowest BCUT2D eigenvalue weighted by Crippen LogP contribution is -2.17. The van der Waals surface area contributed by atoms with Crippen LogP contribution in [0.3, 0.4) is 0 Å². The number of anilines is 1. The number of halogens is 4. The summed E-state index contributed by atoms with van der Waals surface area (Å²) >= 11 is 2.25. The molecule has 0 atom stereocenters. The summed E-state index contributed by atoms with van der Waals surface area (Å²) in [7, 11) is 0. The fraction of sp³-hybridized carbons (Fsp3) is 0.167. The van der Waals surface area contributed by atoms with E-state index in [4.69, 9.17) is 5.10 Å². The Labute approximate surface area is 161 Å². The van der Waals surface area contributed by atoms with Crippen molar-refractivity contribution in [3.63, 3.8) is 0 Å². The lowest BCUT2D eigenvalue weighted by atomic mass is 10.1. The molecule has 26 heavy (non-hydrogen) atoms. The quantitative estimate of drug-likeness (QED) is 0.546. The average Bonchev–Trinajstić information content (AvgIpc) is 3.18. The highest BCUT2D eigenvalue weighted by Gasteiger charge is 2.31. The minimum Gasteiger partial charge on any atom is -0.406 e. The summed E-state index contributed by atoms with van der Waals surface area (Å²) in [5, 5.41) is 8.00. The summed E-state index contributed by atoms with van der Waals surface area (Å²) in [6.07, 6.45) is -3.85. The lowest BCUT2D eigenvalue weighted by molar-refractivity contribution is -0.274. The Kier molecular flexibility index (Phi) is 4.29. The molecule has 1 N–H and O–H groups in total. The van der Waals surface area contributed by atoms with E-state index in [1.165, 1.54) is 12.1 Å². The molecule has 1 aliphatic heterocycles. The molecule has 2 heterocycles. The molecule has 4 nitrogen and oxygen atoms in total. The van der Waals surface area contributed by atoms with Crippen molar-refractivity contribution in [3.05, 3.63) is 57.7 Å². The van der Waals surface area contributed by atoms with E-state index in [0.717, 1.165) is 39.2 Å². The first kappa shape index (κ1) is 17.2. The van der Waals surface area contributed by atoms with Crippen molar-refractivity contribution in [1.82, 2.24) is 9.78 Å². The Morgan fingerprint density at radius 1 is 1.04 bits per heavy atom. The summed E-state index contributed by atoms with van der Waals surface area (Å²) in [6, 6.07) is 13.8. The van der Waals surface area contributed by atoms with Crippen molar-refractivity contribution in [2.75, 3.05) is 11.9 Å². The normalized spacial score (nSPS) is 13.4. The molecule has 0 spiro atoms. The van der Waals surface area contributed by atoms with E-state index >= 15 is 0 Å². The minimum absolute atomic E-state index is 0.254. The van der Waals surface area contributed by atoms with Gasteiger partial charge in [-0.05, 0) is 65.4 Å². The maximum Gasteiger partial charge on any atom is 0.573 e. The van der Waals surface area contributed by atoms with Gasteiger partial charge in [0.15, 0.2) is 0 Å². The van der Waals surface area contributed by atoms with E-state index in [-0.39, 0.29) is 5.75 Å². The molecular weight excluding hydrogens is 458 g/mol. The summed E-state index contributed by atoms with van der Waals surface area (Å²) in [6.45, 7) is 0.805. The molecule has 0 aliphatic carbocycles. The highest BCUT2D eigenvalue weighted by Crippen LogP contribution is 2.35. The number of ether oxygens (including phenoxy) is 1. The number of hydrogen-bond acceptors (Lipinski definition) is 3. The van der Waals surface area contributed by atoms with Crippen molar-refractivity contribution in [2.45, 2.75) is 12.8 Å². The van der Waals surface area contributed by atoms with Crippen LogP contribution in [-0.4, -0.2) is 22.7 Å². The number of hydrogen-bond donors (Lipinski definition) is 1. The van der Waals surface area contributed by atoms with Crippen LogP contribution in [0.5, 0.6) is 5.75 Å². The number of alkyl halides is 3. The first-order chi connectivity index (χ1) is 12.4. The van der Waals surface area contributed by atoms with Crippen molar-refractivity contribution in [2.24, 2.45) is 0 Å². The van der Waals surface area contributed by atoms with Crippen LogP contribution in [-0.2, 0) is 6.42 Å². The number of aromatic nitrogens is 2. The van der Waals surface area contributed by atoms with Crippen LogP contribution < -0.4 is 10.1 Å². The van der Waals surface area contributed by atoms with Crippen molar-refractivity contribution >= 4 is 28.4 Å².